The SMILES string of the molecule is COC(=O)CC(NC(=O)OC(C)(C)C)OC. The van der Waals surface area contributed by atoms with Gasteiger partial charge in [-0.3, -0.25) is 10.1 Å². The van der Waals surface area contributed by atoms with E-state index in [-0.39, 0.29) is 6.42 Å². The fourth-order valence-corrected chi connectivity index (χ4v) is 0.867. The molecule has 0 fully saturated rings. The van der Waals surface area contributed by atoms with Gasteiger partial charge < -0.3 is 14.2 Å². The van der Waals surface area contributed by atoms with Crippen LogP contribution in [-0.4, -0.2) is 38.1 Å². The smallest absolute Gasteiger partial charge is 0.409 e. The van der Waals surface area contributed by atoms with E-state index in [0.29, 0.717) is 0 Å². The second-order valence-electron chi connectivity index (χ2n) is 4.15. The topological polar surface area (TPSA) is 73.9 Å². The molecule has 0 aliphatic heterocycles. The molecule has 0 aliphatic rings. The average Bonchev–Trinajstić information content (AvgIpc) is 2.13. The molecule has 0 bridgehead atoms. The number of carbonyl (C=O) groups excluding carboxylic acids is 2. The van der Waals surface area contributed by atoms with E-state index >= 15 is 0 Å². The maximum atomic E-state index is 11.3. The molecule has 6 heteroatoms. The van der Waals surface area contributed by atoms with Crippen LogP contribution in [0.4, 0.5) is 4.79 Å². The Balaban J connectivity index is 4.12. The van der Waals surface area contributed by atoms with E-state index in [0.717, 1.165) is 0 Å². The van der Waals surface area contributed by atoms with Crippen molar-refractivity contribution in [1.82, 2.24) is 5.32 Å². The lowest BCUT2D eigenvalue weighted by atomic mass is 10.2. The zero-order chi connectivity index (χ0) is 12.8. The maximum Gasteiger partial charge on any atom is 0.409 e. The highest BCUT2D eigenvalue weighted by Gasteiger charge is 2.21. The standard InChI is InChI=1S/C10H19NO5/c1-10(2,3)16-9(13)11-7(14-4)6-8(12)15-5/h7H,6H2,1-5H3,(H,11,13). The summed E-state index contributed by atoms with van der Waals surface area (Å²) in [5.74, 6) is -0.470. The van der Waals surface area contributed by atoms with Gasteiger partial charge in [-0.2, -0.15) is 0 Å². The van der Waals surface area contributed by atoms with Crippen LogP contribution >= 0.6 is 0 Å². The van der Waals surface area contributed by atoms with Crippen molar-refractivity contribution in [3.05, 3.63) is 0 Å². The van der Waals surface area contributed by atoms with Gasteiger partial charge in [-0.15, -0.1) is 0 Å². The molecule has 1 unspecified atom stereocenters. The molecule has 0 aromatic heterocycles. The molecule has 0 heterocycles. The Bertz CT molecular complexity index is 246. The van der Waals surface area contributed by atoms with Crippen LogP contribution in [0.2, 0.25) is 0 Å². The molecule has 0 saturated carbocycles. The molecule has 6 nitrogen and oxygen atoms in total. The molecular weight excluding hydrogens is 214 g/mol. The van der Waals surface area contributed by atoms with Crippen LogP contribution < -0.4 is 5.32 Å². The minimum absolute atomic E-state index is 0.0633. The lowest BCUT2D eigenvalue weighted by Crippen LogP contribution is -2.41. The first-order valence-corrected chi connectivity index (χ1v) is 4.87. The monoisotopic (exact) mass is 233 g/mol. The Hall–Kier alpha value is -1.30. The number of esters is 1. The number of methoxy groups -OCH3 is 2. The van der Waals surface area contributed by atoms with Crippen LogP contribution in [0.3, 0.4) is 0 Å². The Morgan fingerprint density at radius 3 is 2.19 bits per heavy atom. The number of ether oxygens (including phenoxy) is 3. The molecular formula is C10H19NO5. The van der Waals surface area contributed by atoms with Crippen molar-refractivity contribution >= 4 is 12.1 Å². The normalized spacial score (nSPS) is 12.8. The molecule has 0 aliphatic carbocycles. The minimum atomic E-state index is -0.748. The molecule has 0 radical (unpaired) electrons. The largest absolute Gasteiger partial charge is 0.469 e. The van der Waals surface area contributed by atoms with Gasteiger partial charge in [-0.05, 0) is 20.8 Å². The van der Waals surface area contributed by atoms with E-state index in [9.17, 15) is 9.59 Å². The van der Waals surface area contributed by atoms with Gasteiger partial charge in [-0.25, -0.2) is 4.79 Å². The van der Waals surface area contributed by atoms with Crippen LogP contribution in [0, 0.1) is 0 Å². The van der Waals surface area contributed by atoms with E-state index in [4.69, 9.17) is 9.47 Å². The third-order valence-electron chi connectivity index (χ3n) is 1.54. The lowest BCUT2D eigenvalue weighted by molar-refractivity contribution is -0.143. The fourth-order valence-electron chi connectivity index (χ4n) is 0.867. The summed E-state index contributed by atoms with van der Waals surface area (Å²) in [6.45, 7) is 5.23. The third-order valence-corrected chi connectivity index (χ3v) is 1.54. The Kier molecular flexibility index (Phi) is 5.81. The number of nitrogens with one attached hydrogen (secondary N) is 1. The van der Waals surface area contributed by atoms with Crippen molar-refractivity contribution < 1.29 is 23.8 Å². The number of carbonyl (C=O) groups is 2. The molecule has 0 spiro atoms. The minimum Gasteiger partial charge on any atom is -0.469 e. The average molecular weight is 233 g/mol. The van der Waals surface area contributed by atoms with Crippen LogP contribution in [0.25, 0.3) is 0 Å². The van der Waals surface area contributed by atoms with Crippen molar-refractivity contribution in [2.24, 2.45) is 0 Å². The van der Waals surface area contributed by atoms with Gasteiger partial charge in [0.1, 0.15) is 11.8 Å². The predicted octanol–water partition coefficient (Wildman–Crippen LogP) is 1.05. The molecule has 0 rings (SSSR count). The highest BCUT2D eigenvalue weighted by atomic mass is 16.6. The number of hydrogen-bond donors (Lipinski definition) is 1. The third kappa shape index (κ3) is 7.05. The van der Waals surface area contributed by atoms with Crippen molar-refractivity contribution in [3.63, 3.8) is 0 Å². The lowest BCUT2D eigenvalue weighted by Gasteiger charge is -2.22. The second kappa shape index (κ2) is 6.32. The molecule has 1 N–H and O–H groups in total. The summed E-state index contributed by atoms with van der Waals surface area (Å²) in [7, 11) is 2.65. The molecule has 1 atom stereocenters. The summed E-state index contributed by atoms with van der Waals surface area (Å²) < 4.78 is 14.4. The molecule has 1 amide bonds. The maximum absolute atomic E-state index is 11.3. The number of alkyl carbamates (subject to hydrolysis) is 1. The van der Waals surface area contributed by atoms with Crippen LogP contribution in [-0.2, 0) is 19.0 Å². The van der Waals surface area contributed by atoms with Gasteiger partial charge in [0.15, 0.2) is 0 Å². The first kappa shape index (κ1) is 14.7. The van der Waals surface area contributed by atoms with Gasteiger partial charge >= 0.3 is 12.1 Å². The number of rotatable bonds is 4. The first-order valence-electron chi connectivity index (χ1n) is 4.87. The fraction of sp³-hybridized carbons (Fsp3) is 0.800. The zero-order valence-corrected chi connectivity index (χ0v) is 10.3. The number of amides is 1. The van der Waals surface area contributed by atoms with Gasteiger partial charge in [0.05, 0.1) is 13.5 Å². The van der Waals surface area contributed by atoms with Crippen molar-refractivity contribution in [3.8, 4) is 0 Å². The van der Waals surface area contributed by atoms with E-state index < -0.39 is 23.9 Å². The summed E-state index contributed by atoms with van der Waals surface area (Å²) in [6.07, 6.45) is -1.45. The second-order valence-corrected chi connectivity index (χ2v) is 4.15. The van der Waals surface area contributed by atoms with Crippen LogP contribution in [0.5, 0.6) is 0 Å². The van der Waals surface area contributed by atoms with Gasteiger partial charge in [0.25, 0.3) is 0 Å². The summed E-state index contributed by atoms with van der Waals surface area (Å²) in [5, 5.41) is 2.40. The zero-order valence-electron chi connectivity index (χ0n) is 10.3. The molecule has 0 saturated heterocycles. The summed E-state index contributed by atoms with van der Waals surface area (Å²) in [4.78, 5) is 22.3. The van der Waals surface area contributed by atoms with Gasteiger partial charge in [0, 0.05) is 7.11 Å². The van der Waals surface area contributed by atoms with Crippen LogP contribution in [0.15, 0.2) is 0 Å². The van der Waals surface area contributed by atoms with E-state index in [1.54, 1.807) is 20.8 Å². The molecule has 94 valence electrons. The van der Waals surface area contributed by atoms with E-state index in [1.165, 1.54) is 14.2 Å². The Morgan fingerprint density at radius 1 is 1.25 bits per heavy atom. The van der Waals surface area contributed by atoms with Crippen molar-refractivity contribution in [2.75, 3.05) is 14.2 Å². The molecule has 16 heavy (non-hydrogen) atoms. The van der Waals surface area contributed by atoms with Crippen LogP contribution in [0.1, 0.15) is 27.2 Å². The van der Waals surface area contributed by atoms with Crippen molar-refractivity contribution in [2.45, 2.75) is 39.0 Å². The Labute approximate surface area is 95.2 Å². The highest BCUT2D eigenvalue weighted by Crippen LogP contribution is 2.07. The summed E-state index contributed by atoms with van der Waals surface area (Å²) in [6, 6.07) is 0. The van der Waals surface area contributed by atoms with Gasteiger partial charge in [-0.1, -0.05) is 0 Å². The molecule has 0 aromatic carbocycles. The van der Waals surface area contributed by atoms with Gasteiger partial charge in [0.2, 0.25) is 0 Å². The predicted molar refractivity (Wildman–Crippen MR) is 56.8 cm³/mol. The van der Waals surface area contributed by atoms with E-state index in [1.807, 2.05) is 0 Å². The Morgan fingerprint density at radius 2 is 1.81 bits per heavy atom. The summed E-state index contributed by atoms with van der Waals surface area (Å²) in [5.41, 5.74) is -0.590. The highest BCUT2D eigenvalue weighted by molar-refractivity contribution is 5.72. The quantitative estimate of drug-likeness (QED) is 0.580. The van der Waals surface area contributed by atoms with Crippen molar-refractivity contribution in [1.29, 1.82) is 0 Å². The molecule has 0 aromatic rings. The van der Waals surface area contributed by atoms with E-state index in [2.05, 4.69) is 10.1 Å². The number of hydrogen-bond acceptors (Lipinski definition) is 5. The summed E-state index contributed by atoms with van der Waals surface area (Å²) >= 11 is 0. The first-order chi connectivity index (χ1) is 7.28.